The van der Waals surface area contributed by atoms with E-state index in [1.54, 1.807) is 0 Å². The quantitative estimate of drug-likeness (QED) is 0.430. The number of allylic oxidation sites excluding steroid dienone is 1. The Kier molecular flexibility index (Phi) is 6.61. The molecular formula is C23H24N4O2S. The third-order valence-corrected chi connectivity index (χ3v) is 6.16. The second kappa shape index (κ2) is 9.73. The van der Waals surface area contributed by atoms with E-state index in [4.69, 9.17) is 4.74 Å². The van der Waals surface area contributed by atoms with Gasteiger partial charge < -0.3 is 9.64 Å². The topological polar surface area (TPSA) is 60.2 Å². The molecule has 0 N–H and O–H groups in total. The summed E-state index contributed by atoms with van der Waals surface area (Å²) in [5.74, 6) is 0.840. The molecule has 1 aliphatic heterocycles. The van der Waals surface area contributed by atoms with Crippen LogP contribution in [0.2, 0.25) is 0 Å². The number of rotatable bonds is 7. The third kappa shape index (κ3) is 4.47. The normalized spacial score (nSPS) is 15.0. The van der Waals surface area contributed by atoms with E-state index in [0.29, 0.717) is 38.0 Å². The SMILES string of the molecule is C=CCn1c(S[C@H](C(=O)N2CCOCC2)c2ccccc2)nnc1-c1ccccc1. The largest absolute Gasteiger partial charge is 0.378 e. The first-order chi connectivity index (χ1) is 14.8. The van der Waals surface area contributed by atoms with E-state index in [-0.39, 0.29) is 5.91 Å². The summed E-state index contributed by atoms with van der Waals surface area (Å²) in [6, 6.07) is 19.8. The Hall–Kier alpha value is -2.90. The van der Waals surface area contributed by atoms with E-state index in [9.17, 15) is 4.79 Å². The molecule has 1 amide bonds. The van der Waals surface area contributed by atoms with E-state index >= 15 is 0 Å². The van der Waals surface area contributed by atoms with E-state index in [1.165, 1.54) is 11.8 Å². The zero-order valence-electron chi connectivity index (χ0n) is 16.7. The van der Waals surface area contributed by atoms with Crippen molar-refractivity contribution in [1.82, 2.24) is 19.7 Å². The maximum atomic E-state index is 13.4. The Labute approximate surface area is 180 Å². The van der Waals surface area contributed by atoms with Crippen LogP contribution in [0, 0.1) is 0 Å². The van der Waals surface area contributed by atoms with Gasteiger partial charge in [-0.3, -0.25) is 9.36 Å². The lowest BCUT2D eigenvalue weighted by Crippen LogP contribution is -2.42. The second-order valence-electron chi connectivity index (χ2n) is 6.92. The van der Waals surface area contributed by atoms with Crippen LogP contribution in [0.15, 0.2) is 78.5 Å². The average molecular weight is 421 g/mol. The molecule has 2 heterocycles. The van der Waals surface area contributed by atoms with E-state index in [1.807, 2.05) is 76.2 Å². The average Bonchev–Trinajstić information content (AvgIpc) is 3.21. The molecule has 0 saturated carbocycles. The third-order valence-electron chi connectivity index (χ3n) is 4.93. The minimum absolute atomic E-state index is 0.0731. The van der Waals surface area contributed by atoms with Gasteiger partial charge in [0.05, 0.1) is 13.2 Å². The first-order valence-corrected chi connectivity index (χ1v) is 10.8. The molecule has 0 bridgehead atoms. The molecule has 1 aliphatic rings. The molecule has 1 atom stereocenters. The lowest BCUT2D eigenvalue weighted by molar-refractivity contribution is -0.134. The molecule has 6 nitrogen and oxygen atoms in total. The van der Waals surface area contributed by atoms with Crippen LogP contribution >= 0.6 is 11.8 Å². The minimum Gasteiger partial charge on any atom is -0.378 e. The highest BCUT2D eigenvalue weighted by molar-refractivity contribution is 8.00. The molecular weight excluding hydrogens is 396 g/mol. The minimum atomic E-state index is -0.402. The molecule has 30 heavy (non-hydrogen) atoms. The molecule has 0 spiro atoms. The van der Waals surface area contributed by atoms with E-state index in [2.05, 4.69) is 16.8 Å². The van der Waals surface area contributed by atoms with Crippen LogP contribution in [0.3, 0.4) is 0 Å². The summed E-state index contributed by atoms with van der Waals surface area (Å²) in [6.07, 6.45) is 1.82. The Morgan fingerprint density at radius 3 is 2.40 bits per heavy atom. The van der Waals surface area contributed by atoms with Gasteiger partial charge in [0.1, 0.15) is 5.25 Å². The molecule has 1 fully saturated rings. The van der Waals surface area contributed by atoms with Crippen molar-refractivity contribution in [1.29, 1.82) is 0 Å². The van der Waals surface area contributed by atoms with Crippen molar-refractivity contribution in [2.45, 2.75) is 17.0 Å². The van der Waals surface area contributed by atoms with Gasteiger partial charge in [0.2, 0.25) is 5.91 Å². The molecule has 7 heteroatoms. The Bertz CT molecular complexity index is 985. The molecule has 1 aromatic heterocycles. The van der Waals surface area contributed by atoms with Crippen molar-refractivity contribution < 1.29 is 9.53 Å². The summed E-state index contributed by atoms with van der Waals surface area (Å²) in [7, 11) is 0. The summed E-state index contributed by atoms with van der Waals surface area (Å²) in [4.78, 5) is 15.3. The molecule has 154 valence electrons. The monoisotopic (exact) mass is 420 g/mol. The van der Waals surface area contributed by atoms with Gasteiger partial charge in [-0.1, -0.05) is 78.5 Å². The van der Waals surface area contributed by atoms with Crippen molar-refractivity contribution in [3.05, 3.63) is 78.9 Å². The molecule has 0 radical (unpaired) electrons. The number of morpholine rings is 1. The van der Waals surface area contributed by atoms with Gasteiger partial charge in [0.15, 0.2) is 11.0 Å². The van der Waals surface area contributed by atoms with Crippen LogP contribution in [0.5, 0.6) is 0 Å². The number of hydrogen-bond acceptors (Lipinski definition) is 5. The van der Waals surface area contributed by atoms with Crippen molar-refractivity contribution in [3.8, 4) is 11.4 Å². The number of hydrogen-bond donors (Lipinski definition) is 0. The zero-order chi connectivity index (χ0) is 20.8. The van der Waals surface area contributed by atoms with Crippen LogP contribution in [-0.2, 0) is 16.1 Å². The maximum absolute atomic E-state index is 13.4. The molecule has 2 aromatic carbocycles. The van der Waals surface area contributed by atoms with E-state index in [0.717, 1.165) is 17.0 Å². The van der Waals surface area contributed by atoms with Crippen molar-refractivity contribution in [2.24, 2.45) is 0 Å². The number of carbonyl (C=O) groups excluding carboxylic acids is 1. The van der Waals surface area contributed by atoms with Gasteiger partial charge >= 0.3 is 0 Å². The first kappa shape index (κ1) is 20.4. The fourth-order valence-corrected chi connectivity index (χ4v) is 4.54. The molecule has 4 rings (SSSR count). The van der Waals surface area contributed by atoms with Crippen LogP contribution in [-0.4, -0.2) is 51.9 Å². The van der Waals surface area contributed by atoms with Gasteiger partial charge in [-0.25, -0.2) is 0 Å². The number of thioether (sulfide) groups is 1. The number of nitrogens with zero attached hydrogens (tertiary/aromatic N) is 4. The fraction of sp³-hybridized carbons (Fsp3) is 0.261. The zero-order valence-corrected chi connectivity index (χ0v) is 17.5. The molecule has 3 aromatic rings. The van der Waals surface area contributed by atoms with Crippen LogP contribution in [0.1, 0.15) is 10.8 Å². The molecule has 0 unspecified atom stereocenters. The lowest BCUT2D eigenvalue weighted by Gasteiger charge is -2.30. The van der Waals surface area contributed by atoms with Gasteiger partial charge in [-0.2, -0.15) is 0 Å². The maximum Gasteiger partial charge on any atom is 0.240 e. The Morgan fingerprint density at radius 2 is 1.73 bits per heavy atom. The first-order valence-electron chi connectivity index (χ1n) is 9.95. The summed E-state index contributed by atoms with van der Waals surface area (Å²) in [6.45, 7) is 6.81. The predicted molar refractivity (Wildman–Crippen MR) is 118 cm³/mol. The lowest BCUT2D eigenvalue weighted by atomic mass is 10.1. The highest BCUT2D eigenvalue weighted by Gasteiger charge is 2.30. The predicted octanol–water partition coefficient (Wildman–Crippen LogP) is 3.82. The number of amides is 1. The number of aromatic nitrogens is 3. The summed E-state index contributed by atoms with van der Waals surface area (Å²) in [5, 5.41) is 9.16. The highest BCUT2D eigenvalue weighted by atomic mass is 32.2. The smallest absolute Gasteiger partial charge is 0.240 e. The summed E-state index contributed by atoms with van der Waals surface area (Å²) >= 11 is 1.44. The van der Waals surface area contributed by atoms with Crippen molar-refractivity contribution in [3.63, 3.8) is 0 Å². The van der Waals surface area contributed by atoms with E-state index < -0.39 is 5.25 Å². The summed E-state index contributed by atoms with van der Waals surface area (Å²) in [5.41, 5.74) is 1.93. The number of carbonyl (C=O) groups is 1. The highest BCUT2D eigenvalue weighted by Crippen LogP contribution is 2.37. The Balaban J connectivity index is 1.68. The fourth-order valence-electron chi connectivity index (χ4n) is 3.41. The molecule has 1 saturated heterocycles. The van der Waals surface area contributed by atoms with Gasteiger partial charge in [0.25, 0.3) is 0 Å². The Morgan fingerprint density at radius 1 is 1.07 bits per heavy atom. The van der Waals surface area contributed by atoms with Gasteiger partial charge in [-0.15, -0.1) is 16.8 Å². The van der Waals surface area contributed by atoms with Crippen molar-refractivity contribution >= 4 is 17.7 Å². The standard InChI is InChI=1S/C23H24N4O2S/c1-2-13-27-21(19-11-7-4-8-12-19)24-25-23(27)30-20(18-9-5-3-6-10-18)22(28)26-14-16-29-17-15-26/h2-12,20H,1,13-17H2/t20-/m0/s1. The van der Waals surface area contributed by atoms with Gasteiger partial charge in [-0.05, 0) is 5.56 Å². The van der Waals surface area contributed by atoms with Crippen LogP contribution < -0.4 is 0 Å². The second-order valence-corrected chi connectivity index (χ2v) is 7.99. The van der Waals surface area contributed by atoms with Gasteiger partial charge in [0, 0.05) is 25.2 Å². The number of benzene rings is 2. The number of ether oxygens (including phenoxy) is 1. The molecule has 0 aliphatic carbocycles. The van der Waals surface area contributed by atoms with Crippen LogP contribution in [0.25, 0.3) is 11.4 Å². The van der Waals surface area contributed by atoms with Crippen LogP contribution in [0.4, 0.5) is 0 Å². The summed E-state index contributed by atoms with van der Waals surface area (Å²) < 4.78 is 7.43. The van der Waals surface area contributed by atoms with Crippen molar-refractivity contribution in [2.75, 3.05) is 26.3 Å².